The SMILES string of the molecule is Cc1cc(CC(CN)C(=O)OC(C)(C)C)cc(C)c1O. The number of aromatic hydroxyl groups is 1. The van der Waals surface area contributed by atoms with Crippen molar-refractivity contribution in [2.75, 3.05) is 6.54 Å². The monoisotopic (exact) mass is 279 g/mol. The van der Waals surface area contributed by atoms with Crippen LogP contribution in [0.25, 0.3) is 0 Å². The van der Waals surface area contributed by atoms with Gasteiger partial charge in [0.2, 0.25) is 0 Å². The summed E-state index contributed by atoms with van der Waals surface area (Å²) < 4.78 is 5.38. The van der Waals surface area contributed by atoms with Crippen LogP contribution >= 0.6 is 0 Å². The Morgan fingerprint density at radius 1 is 1.30 bits per heavy atom. The first-order chi connectivity index (χ1) is 9.14. The lowest BCUT2D eigenvalue weighted by Gasteiger charge is -2.23. The predicted molar refractivity (Wildman–Crippen MR) is 79.7 cm³/mol. The van der Waals surface area contributed by atoms with E-state index in [2.05, 4.69) is 0 Å². The lowest BCUT2D eigenvalue weighted by molar-refractivity contribution is -0.159. The fourth-order valence-electron chi connectivity index (χ4n) is 2.10. The van der Waals surface area contributed by atoms with Crippen molar-refractivity contribution < 1.29 is 14.6 Å². The Kier molecular flexibility index (Phi) is 5.17. The molecule has 3 N–H and O–H groups in total. The highest BCUT2D eigenvalue weighted by Gasteiger charge is 2.24. The van der Waals surface area contributed by atoms with Gasteiger partial charge in [-0.05, 0) is 57.7 Å². The van der Waals surface area contributed by atoms with Gasteiger partial charge < -0.3 is 15.6 Å². The van der Waals surface area contributed by atoms with E-state index >= 15 is 0 Å². The summed E-state index contributed by atoms with van der Waals surface area (Å²) in [6, 6.07) is 3.77. The van der Waals surface area contributed by atoms with Gasteiger partial charge >= 0.3 is 5.97 Å². The standard InChI is InChI=1S/C16H25NO3/c1-10-6-12(7-11(2)14(10)18)8-13(9-17)15(19)20-16(3,4)5/h6-7,13,18H,8-9,17H2,1-5H3. The minimum absolute atomic E-state index is 0.244. The molecule has 20 heavy (non-hydrogen) atoms. The second-order valence-electron chi connectivity index (χ2n) is 6.25. The van der Waals surface area contributed by atoms with Crippen molar-refractivity contribution in [3.63, 3.8) is 0 Å². The number of benzene rings is 1. The Hall–Kier alpha value is -1.55. The van der Waals surface area contributed by atoms with Gasteiger partial charge in [-0.15, -0.1) is 0 Å². The molecule has 0 radical (unpaired) electrons. The number of nitrogens with two attached hydrogens (primary N) is 1. The van der Waals surface area contributed by atoms with Crippen molar-refractivity contribution in [2.45, 2.75) is 46.6 Å². The van der Waals surface area contributed by atoms with Crippen LogP contribution in [0.3, 0.4) is 0 Å². The maximum Gasteiger partial charge on any atom is 0.311 e. The molecule has 0 bridgehead atoms. The molecule has 112 valence electrons. The number of carbonyl (C=O) groups is 1. The summed E-state index contributed by atoms with van der Waals surface area (Å²) in [6.45, 7) is 9.45. The average molecular weight is 279 g/mol. The number of carbonyl (C=O) groups excluding carboxylic acids is 1. The zero-order valence-electron chi connectivity index (χ0n) is 13.0. The van der Waals surface area contributed by atoms with Crippen molar-refractivity contribution in [2.24, 2.45) is 11.7 Å². The molecule has 0 aromatic heterocycles. The summed E-state index contributed by atoms with van der Waals surface area (Å²) in [5.74, 6) is -0.337. The van der Waals surface area contributed by atoms with E-state index in [1.54, 1.807) is 0 Å². The highest BCUT2D eigenvalue weighted by atomic mass is 16.6. The Morgan fingerprint density at radius 3 is 2.20 bits per heavy atom. The zero-order chi connectivity index (χ0) is 15.5. The number of esters is 1. The third kappa shape index (κ3) is 4.53. The molecule has 1 aromatic carbocycles. The van der Waals surface area contributed by atoms with Gasteiger partial charge in [-0.3, -0.25) is 4.79 Å². The van der Waals surface area contributed by atoms with Crippen molar-refractivity contribution in [1.82, 2.24) is 0 Å². The van der Waals surface area contributed by atoms with E-state index in [0.717, 1.165) is 16.7 Å². The number of ether oxygens (including phenoxy) is 1. The van der Waals surface area contributed by atoms with Crippen LogP contribution in [0.4, 0.5) is 0 Å². The van der Waals surface area contributed by atoms with Crippen LogP contribution in [0.15, 0.2) is 12.1 Å². The summed E-state index contributed by atoms with van der Waals surface area (Å²) in [6.07, 6.45) is 0.521. The first kappa shape index (κ1) is 16.5. The van der Waals surface area contributed by atoms with Crippen LogP contribution in [0.5, 0.6) is 5.75 Å². The van der Waals surface area contributed by atoms with E-state index in [0.29, 0.717) is 12.2 Å². The second kappa shape index (κ2) is 6.27. The molecule has 1 atom stereocenters. The largest absolute Gasteiger partial charge is 0.507 e. The second-order valence-corrected chi connectivity index (χ2v) is 6.25. The van der Waals surface area contributed by atoms with Crippen LogP contribution in [-0.4, -0.2) is 23.2 Å². The summed E-state index contributed by atoms with van der Waals surface area (Å²) in [5, 5.41) is 9.77. The molecule has 1 unspecified atom stereocenters. The lowest BCUT2D eigenvalue weighted by Crippen LogP contribution is -2.33. The molecule has 0 saturated heterocycles. The smallest absolute Gasteiger partial charge is 0.311 e. The summed E-state index contributed by atoms with van der Waals surface area (Å²) >= 11 is 0. The van der Waals surface area contributed by atoms with Gasteiger partial charge in [0.1, 0.15) is 11.4 Å². The summed E-state index contributed by atoms with van der Waals surface area (Å²) in [7, 11) is 0. The Labute approximate surface area is 120 Å². The topological polar surface area (TPSA) is 72.6 Å². The number of phenolic OH excluding ortho intramolecular Hbond substituents is 1. The van der Waals surface area contributed by atoms with Crippen molar-refractivity contribution in [1.29, 1.82) is 0 Å². The lowest BCUT2D eigenvalue weighted by atomic mass is 9.96. The van der Waals surface area contributed by atoms with E-state index in [9.17, 15) is 9.90 Å². The van der Waals surface area contributed by atoms with Crippen LogP contribution in [0, 0.1) is 19.8 Å². The molecule has 0 saturated carbocycles. The fourth-order valence-corrected chi connectivity index (χ4v) is 2.10. The van der Waals surface area contributed by atoms with Crippen molar-refractivity contribution >= 4 is 5.97 Å². The van der Waals surface area contributed by atoms with E-state index in [1.807, 2.05) is 46.8 Å². The average Bonchev–Trinajstić information content (AvgIpc) is 2.30. The van der Waals surface area contributed by atoms with Gasteiger partial charge in [-0.25, -0.2) is 0 Å². The number of aryl methyl sites for hydroxylation is 2. The third-order valence-electron chi connectivity index (χ3n) is 3.06. The van der Waals surface area contributed by atoms with Crippen molar-refractivity contribution in [3.8, 4) is 5.75 Å². The van der Waals surface area contributed by atoms with E-state index in [-0.39, 0.29) is 18.4 Å². The predicted octanol–water partition coefficient (Wildman–Crippen LogP) is 2.47. The molecule has 0 fully saturated rings. The highest BCUT2D eigenvalue weighted by molar-refractivity contribution is 5.73. The molecule has 4 heteroatoms. The Balaban J connectivity index is 2.86. The maximum atomic E-state index is 12.1. The number of rotatable bonds is 4. The molecule has 1 rings (SSSR count). The van der Waals surface area contributed by atoms with Crippen molar-refractivity contribution in [3.05, 3.63) is 28.8 Å². The van der Waals surface area contributed by atoms with E-state index in [1.165, 1.54) is 0 Å². The van der Waals surface area contributed by atoms with E-state index in [4.69, 9.17) is 10.5 Å². The zero-order valence-corrected chi connectivity index (χ0v) is 13.0. The molecule has 4 nitrogen and oxygen atoms in total. The Morgan fingerprint density at radius 2 is 1.80 bits per heavy atom. The molecule has 0 aliphatic carbocycles. The van der Waals surface area contributed by atoms with Gasteiger partial charge in [0.15, 0.2) is 0 Å². The third-order valence-corrected chi connectivity index (χ3v) is 3.06. The summed E-state index contributed by atoms with van der Waals surface area (Å²) in [4.78, 5) is 12.1. The van der Waals surface area contributed by atoms with Gasteiger partial charge in [0, 0.05) is 6.54 Å². The van der Waals surface area contributed by atoms with Crippen LogP contribution in [0.2, 0.25) is 0 Å². The molecule has 0 amide bonds. The van der Waals surface area contributed by atoms with Crippen LogP contribution in [0.1, 0.15) is 37.5 Å². The number of phenols is 1. The molecule has 0 aliphatic rings. The van der Waals surface area contributed by atoms with Gasteiger partial charge in [0.05, 0.1) is 5.92 Å². The normalized spacial score (nSPS) is 13.1. The first-order valence-electron chi connectivity index (χ1n) is 6.86. The fraction of sp³-hybridized carbons (Fsp3) is 0.562. The van der Waals surface area contributed by atoms with Gasteiger partial charge in [-0.2, -0.15) is 0 Å². The minimum Gasteiger partial charge on any atom is -0.507 e. The van der Waals surface area contributed by atoms with Crippen LogP contribution < -0.4 is 5.73 Å². The molecular weight excluding hydrogens is 254 g/mol. The van der Waals surface area contributed by atoms with Gasteiger partial charge in [-0.1, -0.05) is 12.1 Å². The van der Waals surface area contributed by atoms with Crippen LogP contribution in [-0.2, 0) is 16.0 Å². The number of hydrogen-bond donors (Lipinski definition) is 2. The molecule has 0 spiro atoms. The van der Waals surface area contributed by atoms with E-state index < -0.39 is 5.60 Å². The molecule has 0 aliphatic heterocycles. The van der Waals surface area contributed by atoms with Gasteiger partial charge in [0.25, 0.3) is 0 Å². The Bertz CT molecular complexity index is 466. The first-order valence-corrected chi connectivity index (χ1v) is 6.86. The molecular formula is C16H25NO3. The molecule has 1 aromatic rings. The highest BCUT2D eigenvalue weighted by Crippen LogP contribution is 2.24. The minimum atomic E-state index is -0.509. The quantitative estimate of drug-likeness (QED) is 0.830. The molecule has 0 heterocycles. The summed E-state index contributed by atoms with van der Waals surface area (Å²) in [5.41, 5.74) is 7.78. The maximum absolute atomic E-state index is 12.1. The number of hydrogen-bond acceptors (Lipinski definition) is 4.